The molecule has 0 radical (unpaired) electrons. The van der Waals surface area contributed by atoms with Crippen LogP contribution in [-0.2, 0) is 0 Å². The van der Waals surface area contributed by atoms with E-state index in [1.165, 1.54) is 12.1 Å². The van der Waals surface area contributed by atoms with Crippen molar-refractivity contribution in [2.24, 2.45) is 5.92 Å². The maximum Gasteiger partial charge on any atom is 0.0407 e. The maximum atomic E-state index is 5.92. The number of nitrogens with zero attached hydrogens (tertiary/aromatic N) is 1. The van der Waals surface area contributed by atoms with Gasteiger partial charge in [-0.05, 0) is 43.1 Å². The van der Waals surface area contributed by atoms with Crippen molar-refractivity contribution in [1.29, 1.82) is 0 Å². The van der Waals surface area contributed by atoms with Crippen LogP contribution in [0.1, 0.15) is 20.3 Å². The fraction of sp³-hybridized carbons (Fsp3) is 0.571. The molecule has 17 heavy (non-hydrogen) atoms. The third kappa shape index (κ3) is 3.14. The Kier molecular flexibility index (Phi) is 4.30. The first-order valence-corrected chi connectivity index (χ1v) is 6.82. The number of anilines is 1. The molecule has 2 atom stereocenters. The van der Waals surface area contributed by atoms with Gasteiger partial charge in [0.1, 0.15) is 0 Å². The summed E-state index contributed by atoms with van der Waals surface area (Å²) in [6, 6.07) is 8.84. The van der Waals surface area contributed by atoms with E-state index < -0.39 is 0 Å². The normalized spacial score (nSPS) is 25.0. The molecule has 1 aliphatic heterocycles. The first kappa shape index (κ1) is 12.7. The first-order valence-electron chi connectivity index (χ1n) is 6.44. The number of rotatable bonds is 3. The van der Waals surface area contributed by atoms with Crippen molar-refractivity contribution in [2.45, 2.75) is 26.3 Å². The quantitative estimate of drug-likeness (QED) is 0.889. The number of hydrogen-bond donors (Lipinski definition) is 1. The van der Waals surface area contributed by atoms with Crippen LogP contribution >= 0.6 is 11.6 Å². The Bertz CT molecular complexity index is 350. The van der Waals surface area contributed by atoms with Crippen molar-refractivity contribution in [1.82, 2.24) is 5.32 Å². The zero-order chi connectivity index (χ0) is 12.3. The van der Waals surface area contributed by atoms with Crippen LogP contribution in [-0.4, -0.2) is 25.7 Å². The van der Waals surface area contributed by atoms with Crippen molar-refractivity contribution in [3.05, 3.63) is 29.3 Å². The average Bonchev–Trinajstić information content (AvgIpc) is 2.33. The lowest BCUT2D eigenvalue weighted by Crippen LogP contribution is -2.48. The number of halogens is 1. The van der Waals surface area contributed by atoms with Crippen LogP contribution in [0.2, 0.25) is 5.02 Å². The molecule has 3 heteroatoms. The monoisotopic (exact) mass is 252 g/mol. The predicted molar refractivity (Wildman–Crippen MR) is 74.9 cm³/mol. The van der Waals surface area contributed by atoms with Crippen LogP contribution in [0.25, 0.3) is 0 Å². The summed E-state index contributed by atoms with van der Waals surface area (Å²) in [6.07, 6.45) is 1.22. The molecule has 1 aromatic rings. The van der Waals surface area contributed by atoms with Crippen LogP contribution in [0.15, 0.2) is 24.3 Å². The van der Waals surface area contributed by atoms with Gasteiger partial charge in [-0.3, -0.25) is 0 Å². The largest absolute Gasteiger partial charge is 0.371 e. The van der Waals surface area contributed by atoms with Crippen molar-refractivity contribution in [2.75, 3.05) is 24.5 Å². The molecule has 0 aliphatic carbocycles. The van der Waals surface area contributed by atoms with Gasteiger partial charge in [0.2, 0.25) is 0 Å². The van der Waals surface area contributed by atoms with E-state index in [-0.39, 0.29) is 0 Å². The maximum absolute atomic E-state index is 5.92. The van der Waals surface area contributed by atoms with Gasteiger partial charge in [-0.15, -0.1) is 0 Å². The topological polar surface area (TPSA) is 15.3 Å². The summed E-state index contributed by atoms with van der Waals surface area (Å²) in [5.41, 5.74) is 1.29. The highest BCUT2D eigenvalue weighted by molar-refractivity contribution is 6.30. The zero-order valence-corrected chi connectivity index (χ0v) is 11.4. The smallest absolute Gasteiger partial charge is 0.0407 e. The standard InChI is InChI=1S/C14H21ClN2/c1-3-16-14-8-9-17(10-11(14)2)13-6-4-12(15)5-7-13/h4-7,11,14,16H,3,8-10H2,1-2H3. The van der Waals surface area contributed by atoms with Gasteiger partial charge in [0.15, 0.2) is 0 Å². The molecule has 1 heterocycles. The van der Waals surface area contributed by atoms with Gasteiger partial charge in [0.25, 0.3) is 0 Å². The highest BCUT2D eigenvalue weighted by Gasteiger charge is 2.25. The summed E-state index contributed by atoms with van der Waals surface area (Å²) in [4.78, 5) is 2.45. The van der Waals surface area contributed by atoms with Crippen LogP contribution in [0.4, 0.5) is 5.69 Å². The lowest BCUT2D eigenvalue weighted by atomic mass is 9.93. The highest BCUT2D eigenvalue weighted by atomic mass is 35.5. The van der Waals surface area contributed by atoms with Gasteiger partial charge >= 0.3 is 0 Å². The molecule has 0 spiro atoms. The van der Waals surface area contributed by atoms with E-state index in [1.807, 2.05) is 12.1 Å². The molecule has 1 aromatic carbocycles. The Morgan fingerprint density at radius 2 is 2.06 bits per heavy atom. The lowest BCUT2D eigenvalue weighted by Gasteiger charge is -2.38. The summed E-state index contributed by atoms with van der Waals surface area (Å²) < 4.78 is 0. The number of hydrogen-bond acceptors (Lipinski definition) is 2. The Morgan fingerprint density at radius 3 is 2.65 bits per heavy atom. The van der Waals surface area contributed by atoms with E-state index in [0.29, 0.717) is 12.0 Å². The molecule has 1 saturated heterocycles. The lowest BCUT2D eigenvalue weighted by molar-refractivity contribution is 0.327. The van der Waals surface area contributed by atoms with E-state index in [4.69, 9.17) is 11.6 Å². The summed E-state index contributed by atoms with van der Waals surface area (Å²) in [6.45, 7) is 7.83. The Balaban J connectivity index is 1.99. The Morgan fingerprint density at radius 1 is 1.35 bits per heavy atom. The minimum absolute atomic E-state index is 0.670. The molecule has 1 aliphatic rings. The SMILES string of the molecule is CCNC1CCN(c2ccc(Cl)cc2)CC1C. The Hall–Kier alpha value is -0.730. The zero-order valence-electron chi connectivity index (χ0n) is 10.6. The second-order valence-corrected chi connectivity index (χ2v) is 5.29. The van der Waals surface area contributed by atoms with Gasteiger partial charge in [-0.2, -0.15) is 0 Å². The van der Waals surface area contributed by atoms with Crippen molar-refractivity contribution < 1.29 is 0 Å². The van der Waals surface area contributed by atoms with Crippen molar-refractivity contribution in [3.63, 3.8) is 0 Å². The molecule has 0 bridgehead atoms. The highest BCUT2D eigenvalue weighted by Crippen LogP contribution is 2.24. The fourth-order valence-corrected chi connectivity index (χ4v) is 2.72. The van der Waals surface area contributed by atoms with E-state index in [0.717, 1.165) is 24.7 Å². The fourth-order valence-electron chi connectivity index (χ4n) is 2.60. The van der Waals surface area contributed by atoms with Crippen LogP contribution in [0.5, 0.6) is 0 Å². The molecule has 94 valence electrons. The van der Waals surface area contributed by atoms with E-state index >= 15 is 0 Å². The molecular formula is C14H21ClN2. The van der Waals surface area contributed by atoms with Crippen LogP contribution < -0.4 is 10.2 Å². The third-order valence-corrected chi connectivity index (χ3v) is 3.82. The van der Waals surface area contributed by atoms with E-state index in [1.54, 1.807) is 0 Å². The second-order valence-electron chi connectivity index (χ2n) is 4.85. The summed E-state index contributed by atoms with van der Waals surface area (Å²) in [5, 5.41) is 4.38. The minimum atomic E-state index is 0.670. The van der Waals surface area contributed by atoms with Gasteiger partial charge in [-0.25, -0.2) is 0 Å². The van der Waals surface area contributed by atoms with Crippen molar-refractivity contribution >= 4 is 17.3 Å². The number of piperidine rings is 1. The van der Waals surface area contributed by atoms with Gasteiger partial charge in [-0.1, -0.05) is 25.4 Å². The summed E-state index contributed by atoms with van der Waals surface area (Å²) in [7, 11) is 0. The third-order valence-electron chi connectivity index (χ3n) is 3.56. The molecule has 1 fully saturated rings. The molecule has 2 unspecified atom stereocenters. The van der Waals surface area contributed by atoms with Crippen molar-refractivity contribution in [3.8, 4) is 0 Å². The van der Waals surface area contributed by atoms with Gasteiger partial charge < -0.3 is 10.2 Å². The molecule has 0 saturated carbocycles. The molecule has 2 rings (SSSR count). The molecule has 2 nitrogen and oxygen atoms in total. The summed E-state index contributed by atoms with van der Waals surface area (Å²) in [5.74, 6) is 0.694. The average molecular weight is 253 g/mol. The minimum Gasteiger partial charge on any atom is -0.371 e. The van der Waals surface area contributed by atoms with Crippen LogP contribution in [0.3, 0.4) is 0 Å². The second kappa shape index (κ2) is 5.74. The van der Waals surface area contributed by atoms with E-state index in [9.17, 15) is 0 Å². The number of nitrogens with one attached hydrogen (secondary N) is 1. The first-order chi connectivity index (χ1) is 8.20. The molecule has 1 N–H and O–H groups in total. The summed E-state index contributed by atoms with van der Waals surface area (Å²) >= 11 is 5.92. The molecular weight excluding hydrogens is 232 g/mol. The Labute approximate surface area is 109 Å². The van der Waals surface area contributed by atoms with Gasteiger partial charge in [0, 0.05) is 29.8 Å². The van der Waals surface area contributed by atoms with Crippen LogP contribution in [0, 0.1) is 5.92 Å². The molecule has 0 amide bonds. The number of benzene rings is 1. The molecule has 0 aromatic heterocycles. The van der Waals surface area contributed by atoms with Gasteiger partial charge in [0.05, 0.1) is 0 Å². The van der Waals surface area contributed by atoms with E-state index in [2.05, 4.69) is 36.2 Å². The predicted octanol–water partition coefficient (Wildman–Crippen LogP) is 3.16.